The molecule has 2 aliphatic rings. The van der Waals surface area contributed by atoms with Crippen molar-refractivity contribution in [3.63, 3.8) is 0 Å². The number of amides is 2. The maximum absolute atomic E-state index is 13.0. The van der Waals surface area contributed by atoms with Crippen LogP contribution in [0.2, 0.25) is 0 Å². The van der Waals surface area contributed by atoms with Gasteiger partial charge in [0.15, 0.2) is 0 Å². The van der Waals surface area contributed by atoms with Crippen LogP contribution in [0.1, 0.15) is 44.6 Å². The molecule has 0 bridgehead atoms. The van der Waals surface area contributed by atoms with E-state index in [1.54, 1.807) is 17.0 Å². The van der Waals surface area contributed by atoms with Gasteiger partial charge in [-0.15, -0.1) is 0 Å². The van der Waals surface area contributed by atoms with Crippen molar-refractivity contribution >= 4 is 11.8 Å². The summed E-state index contributed by atoms with van der Waals surface area (Å²) in [6, 6.07) is 6.71. The van der Waals surface area contributed by atoms with Crippen molar-refractivity contribution in [3.8, 4) is 0 Å². The maximum Gasteiger partial charge on any atom is 0.228 e. The molecular formula is C20H27FN2O2. The Balaban J connectivity index is 1.56. The van der Waals surface area contributed by atoms with E-state index in [1.165, 1.54) is 18.6 Å². The Bertz CT molecular complexity index is 617. The Labute approximate surface area is 149 Å². The molecule has 1 aromatic rings. The molecule has 0 unspecified atom stereocenters. The fraction of sp³-hybridized carbons (Fsp3) is 0.600. The van der Waals surface area contributed by atoms with Gasteiger partial charge in [-0.3, -0.25) is 9.59 Å². The molecule has 0 aromatic heterocycles. The second-order valence-electron chi connectivity index (χ2n) is 7.21. The molecule has 2 aliphatic heterocycles. The Morgan fingerprint density at radius 2 is 2.00 bits per heavy atom. The van der Waals surface area contributed by atoms with E-state index in [9.17, 15) is 14.0 Å². The molecule has 0 aliphatic carbocycles. The van der Waals surface area contributed by atoms with Crippen LogP contribution in [0.4, 0.5) is 4.39 Å². The highest BCUT2D eigenvalue weighted by atomic mass is 19.1. The summed E-state index contributed by atoms with van der Waals surface area (Å²) < 4.78 is 13.0. The lowest BCUT2D eigenvalue weighted by Gasteiger charge is -2.36. The molecule has 2 fully saturated rings. The van der Waals surface area contributed by atoms with Gasteiger partial charge in [-0.2, -0.15) is 0 Å². The normalized spacial score (nSPS) is 24.0. The van der Waals surface area contributed by atoms with Crippen LogP contribution in [0.15, 0.2) is 24.3 Å². The predicted molar refractivity (Wildman–Crippen MR) is 94.4 cm³/mol. The molecule has 2 heterocycles. The Morgan fingerprint density at radius 3 is 2.72 bits per heavy atom. The van der Waals surface area contributed by atoms with Crippen molar-refractivity contribution in [2.45, 2.75) is 51.5 Å². The molecule has 0 saturated carbocycles. The van der Waals surface area contributed by atoms with Crippen LogP contribution in [0, 0.1) is 11.7 Å². The number of likely N-dealkylation sites (tertiary alicyclic amines) is 2. The SMILES string of the molecule is CC[C@@H]1CCCCN1C(=O)[C@H]1CC(=O)N(CCc2ccc(F)cc2)C1. The highest BCUT2D eigenvalue weighted by Crippen LogP contribution is 2.26. The predicted octanol–water partition coefficient (Wildman–Crippen LogP) is 3.01. The number of carbonyl (C=O) groups excluding carboxylic acids is 2. The van der Waals surface area contributed by atoms with E-state index in [2.05, 4.69) is 6.92 Å². The van der Waals surface area contributed by atoms with E-state index in [1.807, 2.05) is 4.90 Å². The number of rotatable bonds is 5. The van der Waals surface area contributed by atoms with E-state index in [-0.39, 0.29) is 23.5 Å². The first-order valence-electron chi connectivity index (χ1n) is 9.41. The highest BCUT2D eigenvalue weighted by molar-refractivity contribution is 5.89. The number of hydrogen-bond acceptors (Lipinski definition) is 2. The second kappa shape index (κ2) is 7.98. The third-order valence-electron chi connectivity index (χ3n) is 5.53. The molecule has 136 valence electrons. The van der Waals surface area contributed by atoms with Gasteiger partial charge in [0, 0.05) is 32.1 Å². The van der Waals surface area contributed by atoms with Crippen molar-refractivity contribution in [3.05, 3.63) is 35.6 Å². The van der Waals surface area contributed by atoms with Crippen LogP contribution in [0.25, 0.3) is 0 Å². The van der Waals surface area contributed by atoms with Gasteiger partial charge in [0.2, 0.25) is 11.8 Å². The summed E-state index contributed by atoms with van der Waals surface area (Å²) in [4.78, 5) is 29.0. The zero-order valence-electron chi connectivity index (χ0n) is 14.9. The molecule has 4 nitrogen and oxygen atoms in total. The van der Waals surface area contributed by atoms with Crippen molar-refractivity contribution in [1.29, 1.82) is 0 Å². The molecular weight excluding hydrogens is 319 g/mol. The molecule has 2 amide bonds. The Morgan fingerprint density at radius 1 is 1.24 bits per heavy atom. The van der Waals surface area contributed by atoms with E-state index < -0.39 is 0 Å². The standard InChI is InChI=1S/C20H27FN2O2/c1-2-18-5-3-4-11-23(18)20(25)16-13-19(24)22(14-16)12-10-15-6-8-17(21)9-7-15/h6-9,16,18H,2-5,10-14H2,1H3/t16-,18+/m0/s1. The van der Waals surface area contributed by atoms with Crippen LogP contribution >= 0.6 is 0 Å². The van der Waals surface area contributed by atoms with Crippen LogP contribution in [0.3, 0.4) is 0 Å². The summed E-state index contributed by atoms with van der Waals surface area (Å²) in [6.45, 7) is 4.07. The molecule has 3 rings (SSSR count). The van der Waals surface area contributed by atoms with Gasteiger partial charge >= 0.3 is 0 Å². The molecule has 2 atom stereocenters. The average Bonchev–Trinajstić information content (AvgIpc) is 3.01. The lowest BCUT2D eigenvalue weighted by atomic mass is 9.97. The number of nitrogens with zero attached hydrogens (tertiary/aromatic N) is 2. The fourth-order valence-electron chi connectivity index (χ4n) is 4.02. The molecule has 0 spiro atoms. The summed E-state index contributed by atoms with van der Waals surface area (Å²) in [7, 11) is 0. The average molecular weight is 346 g/mol. The van der Waals surface area contributed by atoms with E-state index in [0.717, 1.165) is 31.4 Å². The number of carbonyl (C=O) groups is 2. The van der Waals surface area contributed by atoms with E-state index in [4.69, 9.17) is 0 Å². The minimum absolute atomic E-state index is 0.0607. The largest absolute Gasteiger partial charge is 0.342 e. The highest BCUT2D eigenvalue weighted by Gasteiger charge is 2.38. The first kappa shape index (κ1) is 17.9. The first-order valence-corrected chi connectivity index (χ1v) is 9.41. The van der Waals surface area contributed by atoms with Gasteiger partial charge in [-0.1, -0.05) is 19.1 Å². The van der Waals surface area contributed by atoms with Gasteiger partial charge in [0.05, 0.1) is 5.92 Å². The number of hydrogen-bond donors (Lipinski definition) is 0. The smallest absolute Gasteiger partial charge is 0.228 e. The Kier molecular flexibility index (Phi) is 5.71. The zero-order valence-corrected chi connectivity index (χ0v) is 14.9. The molecule has 25 heavy (non-hydrogen) atoms. The third-order valence-corrected chi connectivity index (χ3v) is 5.53. The third kappa shape index (κ3) is 4.20. The topological polar surface area (TPSA) is 40.6 Å². The molecule has 0 radical (unpaired) electrons. The van der Waals surface area contributed by atoms with Gasteiger partial charge in [0.25, 0.3) is 0 Å². The van der Waals surface area contributed by atoms with Gasteiger partial charge in [0.1, 0.15) is 5.82 Å². The second-order valence-corrected chi connectivity index (χ2v) is 7.21. The molecule has 5 heteroatoms. The Hall–Kier alpha value is -1.91. The first-order chi connectivity index (χ1) is 12.1. The monoisotopic (exact) mass is 346 g/mol. The minimum atomic E-state index is -0.251. The molecule has 1 aromatic carbocycles. The number of halogens is 1. The van der Waals surface area contributed by atoms with Crippen LogP contribution in [-0.4, -0.2) is 47.3 Å². The lowest BCUT2D eigenvalue weighted by molar-refractivity contribution is -0.139. The fourth-order valence-corrected chi connectivity index (χ4v) is 4.02. The van der Waals surface area contributed by atoms with Gasteiger partial charge in [-0.25, -0.2) is 4.39 Å². The van der Waals surface area contributed by atoms with E-state index >= 15 is 0 Å². The van der Waals surface area contributed by atoms with Crippen LogP contribution in [0.5, 0.6) is 0 Å². The lowest BCUT2D eigenvalue weighted by Crippen LogP contribution is -2.46. The maximum atomic E-state index is 13.0. The number of benzene rings is 1. The summed E-state index contributed by atoms with van der Waals surface area (Å²) in [5.74, 6) is -0.235. The number of piperidine rings is 1. The van der Waals surface area contributed by atoms with Crippen molar-refractivity contribution in [2.75, 3.05) is 19.6 Å². The van der Waals surface area contributed by atoms with E-state index in [0.29, 0.717) is 32.0 Å². The van der Waals surface area contributed by atoms with Crippen molar-refractivity contribution in [2.24, 2.45) is 5.92 Å². The summed E-state index contributed by atoms with van der Waals surface area (Å²) in [6.07, 6.45) is 5.34. The molecule has 2 saturated heterocycles. The zero-order chi connectivity index (χ0) is 17.8. The summed E-state index contributed by atoms with van der Waals surface area (Å²) >= 11 is 0. The summed E-state index contributed by atoms with van der Waals surface area (Å²) in [5, 5.41) is 0. The summed E-state index contributed by atoms with van der Waals surface area (Å²) in [5.41, 5.74) is 1.01. The minimum Gasteiger partial charge on any atom is -0.342 e. The van der Waals surface area contributed by atoms with Crippen LogP contribution < -0.4 is 0 Å². The molecule has 0 N–H and O–H groups in total. The quantitative estimate of drug-likeness (QED) is 0.822. The van der Waals surface area contributed by atoms with Crippen molar-refractivity contribution in [1.82, 2.24) is 9.80 Å². The van der Waals surface area contributed by atoms with Crippen molar-refractivity contribution < 1.29 is 14.0 Å². The van der Waals surface area contributed by atoms with Gasteiger partial charge < -0.3 is 9.80 Å². The van der Waals surface area contributed by atoms with Gasteiger partial charge in [-0.05, 0) is 49.8 Å². The van der Waals surface area contributed by atoms with Crippen LogP contribution in [-0.2, 0) is 16.0 Å².